The lowest BCUT2D eigenvalue weighted by atomic mass is 9.96. The Kier molecular flexibility index (Phi) is 3.94. The molecule has 1 saturated heterocycles. The number of aliphatic hydroxyl groups is 1. The number of aliphatic hydroxyl groups excluding tert-OH is 1. The number of hydrogen-bond acceptors (Lipinski definition) is 4. The van der Waals surface area contributed by atoms with Gasteiger partial charge in [0.05, 0.1) is 6.10 Å². The molecule has 3 rings (SSSR count). The molecule has 0 aromatic carbocycles. The summed E-state index contributed by atoms with van der Waals surface area (Å²) in [5.41, 5.74) is 2.46. The van der Waals surface area contributed by atoms with Crippen LogP contribution in [0.4, 0.5) is 5.82 Å². The molecule has 2 N–H and O–H groups in total. The second-order valence-corrected chi connectivity index (χ2v) is 6.42. The Morgan fingerprint density at radius 2 is 2.20 bits per heavy atom. The molecule has 0 amide bonds. The minimum absolute atomic E-state index is 0.235. The van der Waals surface area contributed by atoms with Gasteiger partial charge in [-0.3, -0.25) is 0 Å². The smallest absolute Gasteiger partial charge is 0.131 e. The summed E-state index contributed by atoms with van der Waals surface area (Å²) in [6.45, 7) is 6.85. The van der Waals surface area contributed by atoms with Crippen molar-refractivity contribution < 1.29 is 5.11 Å². The van der Waals surface area contributed by atoms with E-state index in [1.54, 1.807) is 0 Å². The van der Waals surface area contributed by atoms with Crippen molar-refractivity contribution in [2.45, 2.75) is 51.8 Å². The average molecular weight is 275 g/mol. The SMILES string of the molecule is Cc1cc(CNC2CC2)cnc1N1CCC(C)C(O)C1. The summed E-state index contributed by atoms with van der Waals surface area (Å²) >= 11 is 0. The first-order valence-electron chi connectivity index (χ1n) is 7.75. The molecule has 2 aliphatic rings. The fourth-order valence-electron chi connectivity index (χ4n) is 2.84. The largest absolute Gasteiger partial charge is 0.391 e. The minimum atomic E-state index is -0.235. The normalized spacial score (nSPS) is 26.9. The number of anilines is 1. The molecule has 1 aliphatic heterocycles. The van der Waals surface area contributed by atoms with Crippen molar-refractivity contribution in [1.82, 2.24) is 10.3 Å². The van der Waals surface area contributed by atoms with Crippen LogP contribution in [0, 0.1) is 12.8 Å². The molecule has 1 saturated carbocycles. The first-order valence-corrected chi connectivity index (χ1v) is 7.75. The van der Waals surface area contributed by atoms with Gasteiger partial charge in [0.2, 0.25) is 0 Å². The molecule has 2 heterocycles. The van der Waals surface area contributed by atoms with E-state index in [4.69, 9.17) is 0 Å². The number of rotatable bonds is 4. The average Bonchev–Trinajstić information content (AvgIpc) is 3.24. The van der Waals surface area contributed by atoms with Gasteiger partial charge in [0.25, 0.3) is 0 Å². The zero-order valence-electron chi connectivity index (χ0n) is 12.5. The quantitative estimate of drug-likeness (QED) is 0.880. The van der Waals surface area contributed by atoms with Gasteiger partial charge in [-0.1, -0.05) is 6.92 Å². The van der Waals surface area contributed by atoms with E-state index in [0.29, 0.717) is 12.5 Å². The molecule has 0 spiro atoms. The van der Waals surface area contributed by atoms with Gasteiger partial charge in [0.15, 0.2) is 0 Å². The summed E-state index contributed by atoms with van der Waals surface area (Å²) in [7, 11) is 0. The Labute approximate surface area is 121 Å². The van der Waals surface area contributed by atoms with E-state index in [2.05, 4.69) is 35.1 Å². The monoisotopic (exact) mass is 275 g/mol. The third-order valence-electron chi connectivity index (χ3n) is 4.50. The van der Waals surface area contributed by atoms with Crippen molar-refractivity contribution in [2.75, 3.05) is 18.0 Å². The Morgan fingerprint density at radius 3 is 2.85 bits per heavy atom. The number of pyridine rings is 1. The first-order chi connectivity index (χ1) is 9.63. The van der Waals surface area contributed by atoms with E-state index < -0.39 is 0 Å². The summed E-state index contributed by atoms with van der Waals surface area (Å²) in [4.78, 5) is 6.85. The molecule has 4 nitrogen and oxygen atoms in total. The van der Waals surface area contributed by atoms with Crippen LogP contribution in [0.1, 0.15) is 37.3 Å². The maximum Gasteiger partial charge on any atom is 0.131 e. The first kappa shape index (κ1) is 13.8. The van der Waals surface area contributed by atoms with Crippen LogP contribution >= 0.6 is 0 Å². The van der Waals surface area contributed by atoms with Crippen molar-refractivity contribution in [2.24, 2.45) is 5.92 Å². The summed E-state index contributed by atoms with van der Waals surface area (Å²) in [6.07, 6.45) is 5.40. The Hall–Kier alpha value is -1.13. The number of aryl methyl sites for hydroxylation is 1. The van der Waals surface area contributed by atoms with Crippen LogP contribution in [0.25, 0.3) is 0 Å². The van der Waals surface area contributed by atoms with Crippen molar-refractivity contribution in [3.05, 3.63) is 23.4 Å². The zero-order valence-corrected chi connectivity index (χ0v) is 12.5. The maximum atomic E-state index is 10.0. The summed E-state index contributed by atoms with van der Waals surface area (Å²) in [5.74, 6) is 1.43. The summed E-state index contributed by atoms with van der Waals surface area (Å²) in [6, 6.07) is 2.95. The molecule has 0 bridgehead atoms. The molecule has 1 aromatic heterocycles. The highest BCUT2D eigenvalue weighted by Crippen LogP contribution is 2.25. The maximum absolute atomic E-state index is 10.0. The number of piperidine rings is 1. The third-order valence-corrected chi connectivity index (χ3v) is 4.50. The highest BCUT2D eigenvalue weighted by Gasteiger charge is 2.26. The standard InChI is InChI=1S/C16H25N3O/c1-11-5-6-19(10-15(11)20)16-12(2)7-13(9-18-16)8-17-14-3-4-14/h7,9,11,14-15,17,20H,3-6,8,10H2,1-2H3. The third kappa shape index (κ3) is 3.13. The van der Waals surface area contributed by atoms with Crippen molar-refractivity contribution in [3.8, 4) is 0 Å². The highest BCUT2D eigenvalue weighted by atomic mass is 16.3. The van der Waals surface area contributed by atoms with Gasteiger partial charge >= 0.3 is 0 Å². The molecule has 20 heavy (non-hydrogen) atoms. The zero-order chi connectivity index (χ0) is 14.1. The van der Waals surface area contributed by atoms with E-state index in [9.17, 15) is 5.11 Å². The van der Waals surface area contributed by atoms with Gasteiger partial charge in [0, 0.05) is 31.9 Å². The fourth-order valence-corrected chi connectivity index (χ4v) is 2.84. The van der Waals surface area contributed by atoms with Crippen molar-refractivity contribution >= 4 is 5.82 Å². The predicted octanol–water partition coefficient (Wildman–Crippen LogP) is 1.85. The second kappa shape index (κ2) is 5.70. The molecule has 4 heteroatoms. The second-order valence-electron chi connectivity index (χ2n) is 6.42. The molecule has 110 valence electrons. The van der Waals surface area contributed by atoms with Crippen LogP contribution in [0.2, 0.25) is 0 Å². The number of nitrogens with zero attached hydrogens (tertiary/aromatic N) is 2. The Balaban J connectivity index is 1.66. The van der Waals surface area contributed by atoms with Gasteiger partial charge in [-0.25, -0.2) is 4.98 Å². The molecular formula is C16H25N3O. The Morgan fingerprint density at radius 1 is 1.40 bits per heavy atom. The fraction of sp³-hybridized carbons (Fsp3) is 0.688. The van der Waals surface area contributed by atoms with Crippen LogP contribution < -0.4 is 10.2 Å². The molecule has 2 unspecified atom stereocenters. The molecule has 1 aliphatic carbocycles. The number of nitrogens with one attached hydrogen (secondary N) is 1. The van der Waals surface area contributed by atoms with Gasteiger partial charge in [-0.2, -0.15) is 0 Å². The minimum Gasteiger partial charge on any atom is -0.391 e. The molecule has 2 atom stereocenters. The van der Waals surface area contributed by atoms with E-state index in [-0.39, 0.29) is 6.10 Å². The van der Waals surface area contributed by atoms with Crippen LogP contribution in [0.15, 0.2) is 12.3 Å². The topological polar surface area (TPSA) is 48.4 Å². The molecule has 0 radical (unpaired) electrons. The van der Waals surface area contributed by atoms with Crippen molar-refractivity contribution in [1.29, 1.82) is 0 Å². The van der Waals surface area contributed by atoms with Gasteiger partial charge in [-0.05, 0) is 49.3 Å². The summed E-state index contributed by atoms with van der Waals surface area (Å²) in [5, 5.41) is 13.5. The predicted molar refractivity (Wildman–Crippen MR) is 80.8 cm³/mol. The molecule has 2 fully saturated rings. The van der Waals surface area contributed by atoms with E-state index in [0.717, 1.165) is 31.4 Å². The highest BCUT2D eigenvalue weighted by molar-refractivity contribution is 5.48. The van der Waals surface area contributed by atoms with Crippen LogP contribution in [-0.2, 0) is 6.54 Å². The number of hydrogen-bond donors (Lipinski definition) is 2. The molecular weight excluding hydrogens is 250 g/mol. The van der Waals surface area contributed by atoms with E-state index in [1.807, 2.05) is 6.20 Å². The lowest BCUT2D eigenvalue weighted by Crippen LogP contribution is -2.43. The lowest BCUT2D eigenvalue weighted by molar-refractivity contribution is 0.102. The van der Waals surface area contributed by atoms with Gasteiger partial charge < -0.3 is 15.3 Å². The van der Waals surface area contributed by atoms with Gasteiger partial charge in [0.1, 0.15) is 5.82 Å². The van der Waals surface area contributed by atoms with Crippen LogP contribution in [0.5, 0.6) is 0 Å². The van der Waals surface area contributed by atoms with Gasteiger partial charge in [-0.15, -0.1) is 0 Å². The van der Waals surface area contributed by atoms with Crippen LogP contribution in [-0.4, -0.2) is 35.3 Å². The van der Waals surface area contributed by atoms with E-state index in [1.165, 1.54) is 24.0 Å². The molecule has 1 aromatic rings. The lowest BCUT2D eigenvalue weighted by Gasteiger charge is -2.35. The Bertz CT molecular complexity index is 473. The van der Waals surface area contributed by atoms with Crippen LogP contribution in [0.3, 0.4) is 0 Å². The summed E-state index contributed by atoms with van der Waals surface area (Å²) < 4.78 is 0. The van der Waals surface area contributed by atoms with E-state index >= 15 is 0 Å². The number of β-amino-alcohol motifs (C(OH)–C–C–N with tert-alkyl or cyclic N) is 1. The number of aromatic nitrogens is 1. The van der Waals surface area contributed by atoms with Crippen molar-refractivity contribution in [3.63, 3.8) is 0 Å².